The second-order valence-electron chi connectivity index (χ2n) is 5.98. The molecule has 1 amide bonds. The lowest BCUT2D eigenvalue weighted by Gasteiger charge is -2.27. The van der Waals surface area contributed by atoms with Gasteiger partial charge in [-0.1, -0.05) is 17.7 Å². The highest BCUT2D eigenvalue weighted by Gasteiger charge is 2.25. The molecule has 5 heteroatoms. The minimum absolute atomic E-state index is 0.0133. The van der Waals surface area contributed by atoms with Crippen molar-refractivity contribution in [2.75, 3.05) is 13.7 Å². The quantitative estimate of drug-likeness (QED) is 0.765. The first-order valence-electron chi connectivity index (χ1n) is 7.88. The first-order chi connectivity index (χ1) is 11.7. The van der Waals surface area contributed by atoms with E-state index in [4.69, 9.17) is 16.3 Å². The third-order valence-corrected chi connectivity index (χ3v) is 4.78. The first-order valence-corrected chi connectivity index (χ1v) is 8.26. The summed E-state index contributed by atoms with van der Waals surface area (Å²) in [6.45, 7) is 1.28. The van der Waals surface area contributed by atoms with Gasteiger partial charge in [0.05, 0.1) is 13.7 Å². The average molecular weight is 341 g/mol. The number of nitrogens with one attached hydrogen (secondary N) is 1. The van der Waals surface area contributed by atoms with Crippen LogP contribution in [0, 0.1) is 0 Å². The molecule has 3 aromatic rings. The number of aromatic nitrogens is 1. The molecule has 1 aliphatic rings. The van der Waals surface area contributed by atoms with Crippen molar-refractivity contribution in [2.24, 2.45) is 0 Å². The lowest BCUT2D eigenvalue weighted by Crippen LogP contribution is -2.35. The Hall–Kier alpha value is -2.46. The SMILES string of the molecule is COc1ccc2[nH]c3c(c2c1)CCN(C(=O)c1cccc(Cl)c1)C3. The van der Waals surface area contributed by atoms with Crippen LogP contribution in [-0.2, 0) is 13.0 Å². The Kier molecular flexibility index (Phi) is 3.69. The molecule has 4 nitrogen and oxygen atoms in total. The molecule has 2 aromatic carbocycles. The number of benzene rings is 2. The molecule has 122 valence electrons. The topological polar surface area (TPSA) is 45.3 Å². The van der Waals surface area contributed by atoms with Crippen LogP contribution in [0.15, 0.2) is 42.5 Å². The number of nitrogens with zero attached hydrogens (tertiary/aromatic N) is 1. The summed E-state index contributed by atoms with van der Waals surface area (Å²) >= 11 is 6.00. The zero-order valence-corrected chi connectivity index (χ0v) is 14.1. The van der Waals surface area contributed by atoms with Crippen molar-refractivity contribution in [3.63, 3.8) is 0 Å². The van der Waals surface area contributed by atoms with Gasteiger partial charge in [-0.2, -0.15) is 0 Å². The molecule has 0 fully saturated rings. The fourth-order valence-electron chi connectivity index (χ4n) is 3.32. The Bertz CT molecular complexity index is 932. The van der Waals surface area contributed by atoms with Gasteiger partial charge in [0.1, 0.15) is 5.75 Å². The number of carbonyl (C=O) groups excluding carboxylic acids is 1. The van der Waals surface area contributed by atoms with E-state index in [0.717, 1.165) is 23.4 Å². The monoisotopic (exact) mass is 340 g/mol. The number of ether oxygens (including phenoxy) is 1. The Morgan fingerprint density at radius 3 is 2.92 bits per heavy atom. The van der Waals surface area contributed by atoms with Crippen molar-refractivity contribution in [2.45, 2.75) is 13.0 Å². The number of amides is 1. The molecule has 2 heterocycles. The highest BCUT2D eigenvalue weighted by molar-refractivity contribution is 6.30. The van der Waals surface area contributed by atoms with E-state index in [1.165, 1.54) is 10.9 Å². The molecule has 1 N–H and O–H groups in total. The molecule has 0 saturated heterocycles. The van der Waals surface area contributed by atoms with Crippen LogP contribution >= 0.6 is 11.6 Å². The van der Waals surface area contributed by atoms with Crippen molar-refractivity contribution >= 4 is 28.4 Å². The van der Waals surface area contributed by atoms with Crippen LogP contribution in [0.4, 0.5) is 0 Å². The molecule has 0 aliphatic carbocycles. The summed E-state index contributed by atoms with van der Waals surface area (Å²) in [5, 5.41) is 1.76. The second-order valence-corrected chi connectivity index (χ2v) is 6.42. The minimum Gasteiger partial charge on any atom is -0.497 e. The zero-order chi connectivity index (χ0) is 16.7. The number of hydrogen-bond donors (Lipinski definition) is 1. The number of rotatable bonds is 2. The largest absolute Gasteiger partial charge is 0.497 e. The number of fused-ring (bicyclic) bond motifs is 3. The molecule has 1 aliphatic heterocycles. The van der Waals surface area contributed by atoms with Gasteiger partial charge in [-0.05, 0) is 48.4 Å². The number of halogens is 1. The zero-order valence-electron chi connectivity index (χ0n) is 13.3. The maximum Gasteiger partial charge on any atom is 0.254 e. The molecule has 0 spiro atoms. The fourth-order valence-corrected chi connectivity index (χ4v) is 3.51. The standard InChI is InChI=1S/C19H17ClN2O2/c1-24-14-5-6-17-16(10-14)15-7-8-22(11-18(15)21-17)19(23)12-3-2-4-13(20)9-12/h2-6,9-10,21H,7-8,11H2,1H3. The lowest BCUT2D eigenvalue weighted by atomic mass is 10.0. The molecule has 0 saturated carbocycles. The summed E-state index contributed by atoms with van der Waals surface area (Å²) in [4.78, 5) is 18.0. The van der Waals surface area contributed by atoms with E-state index in [1.807, 2.05) is 17.0 Å². The second kappa shape index (κ2) is 5.87. The van der Waals surface area contributed by atoms with E-state index in [9.17, 15) is 4.79 Å². The van der Waals surface area contributed by atoms with Gasteiger partial charge in [0.25, 0.3) is 5.91 Å². The van der Waals surface area contributed by atoms with E-state index in [0.29, 0.717) is 23.7 Å². The van der Waals surface area contributed by atoms with Gasteiger partial charge in [0.15, 0.2) is 0 Å². The predicted molar refractivity (Wildman–Crippen MR) is 94.7 cm³/mol. The Labute approximate surface area is 145 Å². The summed E-state index contributed by atoms with van der Waals surface area (Å²) in [6, 6.07) is 13.1. The Morgan fingerprint density at radius 1 is 1.25 bits per heavy atom. The van der Waals surface area contributed by atoms with E-state index in [2.05, 4.69) is 11.1 Å². The highest BCUT2D eigenvalue weighted by Crippen LogP contribution is 2.30. The van der Waals surface area contributed by atoms with Gasteiger partial charge in [-0.3, -0.25) is 4.79 Å². The number of carbonyl (C=O) groups is 1. The molecule has 24 heavy (non-hydrogen) atoms. The van der Waals surface area contributed by atoms with Gasteiger partial charge in [0.2, 0.25) is 0 Å². The average Bonchev–Trinajstić information content (AvgIpc) is 2.97. The van der Waals surface area contributed by atoms with Crippen molar-refractivity contribution in [3.05, 3.63) is 64.3 Å². The third-order valence-electron chi connectivity index (χ3n) is 4.54. The summed E-state index contributed by atoms with van der Waals surface area (Å²) in [7, 11) is 1.67. The molecule has 0 atom stereocenters. The van der Waals surface area contributed by atoms with Crippen LogP contribution in [0.3, 0.4) is 0 Å². The van der Waals surface area contributed by atoms with E-state index >= 15 is 0 Å². The van der Waals surface area contributed by atoms with Gasteiger partial charge >= 0.3 is 0 Å². The van der Waals surface area contributed by atoms with Gasteiger partial charge < -0.3 is 14.6 Å². The number of hydrogen-bond acceptors (Lipinski definition) is 2. The van der Waals surface area contributed by atoms with Crippen molar-refractivity contribution in [1.82, 2.24) is 9.88 Å². The van der Waals surface area contributed by atoms with Crippen LogP contribution in [0.5, 0.6) is 5.75 Å². The Morgan fingerprint density at radius 2 is 2.12 bits per heavy atom. The van der Waals surface area contributed by atoms with Crippen LogP contribution < -0.4 is 4.74 Å². The van der Waals surface area contributed by atoms with E-state index < -0.39 is 0 Å². The van der Waals surface area contributed by atoms with Gasteiger partial charge in [-0.25, -0.2) is 0 Å². The lowest BCUT2D eigenvalue weighted by molar-refractivity contribution is 0.0733. The molecule has 0 radical (unpaired) electrons. The normalized spacial score (nSPS) is 13.8. The van der Waals surface area contributed by atoms with Gasteiger partial charge in [-0.15, -0.1) is 0 Å². The number of aromatic amines is 1. The molecular weight excluding hydrogens is 324 g/mol. The smallest absolute Gasteiger partial charge is 0.254 e. The van der Waals surface area contributed by atoms with E-state index in [1.54, 1.807) is 31.4 Å². The van der Waals surface area contributed by atoms with Crippen LogP contribution in [0.1, 0.15) is 21.6 Å². The highest BCUT2D eigenvalue weighted by atomic mass is 35.5. The van der Waals surface area contributed by atoms with Crippen molar-refractivity contribution in [3.8, 4) is 5.75 Å². The maximum atomic E-state index is 12.7. The van der Waals surface area contributed by atoms with Crippen molar-refractivity contribution < 1.29 is 9.53 Å². The van der Waals surface area contributed by atoms with Crippen LogP contribution in [-0.4, -0.2) is 29.4 Å². The Balaban J connectivity index is 1.65. The van der Waals surface area contributed by atoms with Gasteiger partial charge in [0, 0.05) is 33.7 Å². The number of H-pyrrole nitrogens is 1. The first kappa shape index (κ1) is 15.1. The van der Waals surface area contributed by atoms with Crippen LogP contribution in [0.2, 0.25) is 5.02 Å². The summed E-state index contributed by atoms with van der Waals surface area (Å²) < 4.78 is 5.32. The molecule has 0 bridgehead atoms. The van der Waals surface area contributed by atoms with E-state index in [-0.39, 0.29) is 5.91 Å². The third kappa shape index (κ3) is 2.53. The molecular formula is C19H17ClN2O2. The summed E-state index contributed by atoms with van der Waals surface area (Å²) in [5.74, 6) is 0.862. The molecule has 1 aromatic heterocycles. The van der Waals surface area contributed by atoms with Crippen molar-refractivity contribution in [1.29, 1.82) is 0 Å². The summed E-state index contributed by atoms with van der Waals surface area (Å²) in [5.41, 5.74) is 4.08. The predicted octanol–water partition coefficient (Wildman–Crippen LogP) is 4.03. The number of methoxy groups -OCH3 is 1. The molecule has 0 unspecified atom stereocenters. The molecule has 4 rings (SSSR count). The summed E-state index contributed by atoms with van der Waals surface area (Å²) in [6.07, 6.45) is 0.828. The van der Waals surface area contributed by atoms with Crippen LogP contribution in [0.25, 0.3) is 10.9 Å². The minimum atomic E-state index is 0.0133. The maximum absolute atomic E-state index is 12.7. The fraction of sp³-hybridized carbons (Fsp3) is 0.211.